The zero-order valence-electron chi connectivity index (χ0n) is 9.74. The maximum atomic E-state index is 12.0. The molecule has 1 amide bonds. The quantitative estimate of drug-likeness (QED) is 0.829. The van der Waals surface area contributed by atoms with Crippen LogP contribution in [0.5, 0.6) is 0 Å². The summed E-state index contributed by atoms with van der Waals surface area (Å²) in [4.78, 5) is 17.9. The van der Waals surface area contributed by atoms with Gasteiger partial charge in [0.1, 0.15) is 11.1 Å². The maximum Gasteiger partial charge on any atom is 0.239 e. The molecule has 0 aromatic carbocycles. The lowest BCUT2D eigenvalue weighted by molar-refractivity contribution is -0.115. The second-order valence-corrected chi connectivity index (χ2v) is 5.05. The van der Waals surface area contributed by atoms with Gasteiger partial charge in [0, 0.05) is 12.3 Å². The molecule has 2 aromatic heterocycles. The number of aromatic nitrogens is 2. The highest BCUT2D eigenvalue weighted by Gasteiger charge is 2.36. The Bertz CT molecular complexity index is 570. The number of aryl methyl sites for hydroxylation is 1. The minimum Gasteiger partial charge on any atom is -0.360 e. The van der Waals surface area contributed by atoms with Gasteiger partial charge in [-0.1, -0.05) is 11.2 Å². The van der Waals surface area contributed by atoms with Crippen LogP contribution in [0.1, 0.15) is 16.8 Å². The molecule has 18 heavy (non-hydrogen) atoms. The van der Waals surface area contributed by atoms with Crippen molar-refractivity contribution < 1.29 is 9.32 Å². The van der Waals surface area contributed by atoms with Gasteiger partial charge < -0.3 is 4.52 Å². The summed E-state index contributed by atoms with van der Waals surface area (Å²) in [7, 11) is 0. The Kier molecular flexibility index (Phi) is 2.79. The first-order valence-corrected chi connectivity index (χ1v) is 6.58. The van der Waals surface area contributed by atoms with E-state index in [0.29, 0.717) is 17.3 Å². The third-order valence-corrected chi connectivity index (χ3v) is 3.85. The summed E-state index contributed by atoms with van der Waals surface area (Å²) in [6.07, 6.45) is 1.73. The van der Waals surface area contributed by atoms with Crippen LogP contribution in [0.25, 0.3) is 0 Å². The van der Waals surface area contributed by atoms with Gasteiger partial charge in [0.25, 0.3) is 0 Å². The fourth-order valence-electron chi connectivity index (χ4n) is 1.88. The summed E-state index contributed by atoms with van der Waals surface area (Å²) in [5.41, 5.74) is 0.856. The maximum absolute atomic E-state index is 12.0. The van der Waals surface area contributed by atoms with Gasteiger partial charge >= 0.3 is 0 Å². The molecular formula is C12H11N3O2S. The minimum atomic E-state index is -0.122. The van der Waals surface area contributed by atoms with Crippen LogP contribution in [0.4, 0.5) is 5.82 Å². The van der Waals surface area contributed by atoms with E-state index in [1.807, 2.05) is 18.2 Å². The van der Waals surface area contributed by atoms with Crippen LogP contribution in [-0.4, -0.2) is 21.8 Å². The number of thioether (sulfide) groups is 1. The fraction of sp³-hybridized carbons (Fsp3) is 0.250. The van der Waals surface area contributed by atoms with Crippen molar-refractivity contribution >= 4 is 23.5 Å². The number of carbonyl (C=O) groups is 1. The number of pyridine rings is 1. The van der Waals surface area contributed by atoms with E-state index < -0.39 is 0 Å². The van der Waals surface area contributed by atoms with Crippen molar-refractivity contribution in [2.24, 2.45) is 0 Å². The first kappa shape index (κ1) is 11.3. The van der Waals surface area contributed by atoms with E-state index in [1.165, 1.54) is 0 Å². The van der Waals surface area contributed by atoms with E-state index >= 15 is 0 Å². The molecule has 1 atom stereocenters. The van der Waals surface area contributed by atoms with Crippen molar-refractivity contribution in [1.29, 1.82) is 0 Å². The normalized spacial score (nSPS) is 19.5. The van der Waals surface area contributed by atoms with Crippen molar-refractivity contribution in [3.8, 4) is 0 Å². The van der Waals surface area contributed by atoms with Crippen molar-refractivity contribution in [2.45, 2.75) is 12.3 Å². The number of hydrogen-bond donors (Lipinski definition) is 0. The second-order valence-electron chi connectivity index (χ2n) is 3.98. The van der Waals surface area contributed by atoms with Crippen LogP contribution >= 0.6 is 11.8 Å². The lowest BCUT2D eigenvalue weighted by Crippen LogP contribution is -2.28. The zero-order valence-corrected chi connectivity index (χ0v) is 10.6. The number of amides is 1. The molecule has 0 unspecified atom stereocenters. The Morgan fingerprint density at radius 3 is 3.06 bits per heavy atom. The molecule has 5 nitrogen and oxygen atoms in total. The average molecular weight is 261 g/mol. The molecule has 0 saturated carbocycles. The van der Waals surface area contributed by atoms with Crippen molar-refractivity contribution in [3.63, 3.8) is 0 Å². The number of nitrogens with zero attached hydrogens (tertiary/aromatic N) is 3. The monoisotopic (exact) mass is 261 g/mol. The molecule has 1 fully saturated rings. The second kappa shape index (κ2) is 4.45. The molecule has 0 radical (unpaired) electrons. The molecule has 3 heterocycles. The van der Waals surface area contributed by atoms with Crippen LogP contribution in [0.15, 0.2) is 35.0 Å². The highest BCUT2D eigenvalue weighted by Crippen LogP contribution is 2.40. The molecule has 0 spiro atoms. The third kappa shape index (κ3) is 1.88. The first-order valence-electron chi connectivity index (χ1n) is 5.53. The number of hydrogen-bond acceptors (Lipinski definition) is 5. The van der Waals surface area contributed by atoms with Crippen LogP contribution in [-0.2, 0) is 4.79 Å². The van der Waals surface area contributed by atoms with Crippen molar-refractivity contribution in [2.75, 3.05) is 10.7 Å². The number of carbonyl (C=O) groups excluding carboxylic acids is 1. The largest absolute Gasteiger partial charge is 0.360 e. The highest BCUT2D eigenvalue weighted by molar-refractivity contribution is 8.00. The van der Waals surface area contributed by atoms with Gasteiger partial charge in [-0.05, 0) is 19.1 Å². The van der Waals surface area contributed by atoms with E-state index in [9.17, 15) is 4.79 Å². The summed E-state index contributed by atoms with van der Waals surface area (Å²) < 4.78 is 5.04. The fourth-order valence-corrected chi connectivity index (χ4v) is 3.00. The van der Waals surface area contributed by atoms with Crippen molar-refractivity contribution in [1.82, 2.24) is 10.1 Å². The Labute approximate surface area is 108 Å². The summed E-state index contributed by atoms with van der Waals surface area (Å²) in [6.45, 7) is 1.81. The minimum absolute atomic E-state index is 0.0314. The van der Waals surface area contributed by atoms with Gasteiger partial charge in [-0.25, -0.2) is 0 Å². The van der Waals surface area contributed by atoms with Gasteiger partial charge in [-0.15, -0.1) is 11.8 Å². The van der Waals surface area contributed by atoms with Crippen LogP contribution in [0.3, 0.4) is 0 Å². The molecular weight excluding hydrogens is 250 g/mol. The lowest BCUT2D eigenvalue weighted by Gasteiger charge is -2.20. The summed E-state index contributed by atoms with van der Waals surface area (Å²) in [6, 6.07) is 7.45. The Hall–Kier alpha value is -1.82. The topological polar surface area (TPSA) is 59.2 Å². The van der Waals surface area contributed by atoms with Gasteiger partial charge in [0.15, 0.2) is 5.82 Å². The molecule has 2 aromatic rings. The molecule has 6 heteroatoms. The van der Waals surface area contributed by atoms with Gasteiger partial charge in [-0.2, -0.15) is 0 Å². The van der Waals surface area contributed by atoms with Gasteiger partial charge in [0.2, 0.25) is 5.91 Å². The van der Waals surface area contributed by atoms with Gasteiger partial charge in [-0.3, -0.25) is 14.7 Å². The number of rotatable bonds is 2. The highest BCUT2D eigenvalue weighted by atomic mass is 32.2. The molecule has 0 bridgehead atoms. The van der Waals surface area contributed by atoms with E-state index in [1.54, 1.807) is 35.8 Å². The zero-order chi connectivity index (χ0) is 12.5. The first-order chi connectivity index (χ1) is 8.75. The SMILES string of the molecule is Cc1cc(N2C(=O)CS[C@@H]2c2ccccn2)no1. The molecule has 0 N–H and O–H groups in total. The summed E-state index contributed by atoms with van der Waals surface area (Å²) in [5.74, 6) is 1.71. The van der Waals surface area contributed by atoms with Crippen LogP contribution < -0.4 is 4.90 Å². The standard InChI is InChI=1S/C12H11N3O2S/c1-8-6-10(14-17-8)15-11(16)7-18-12(15)9-4-2-3-5-13-9/h2-6,12H,7H2,1H3/t12-/m1/s1. The third-order valence-electron chi connectivity index (χ3n) is 2.67. The lowest BCUT2D eigenvalue weighted by atomic mass is 10.3. The summed E-state index contributed by atoms with van der Waals surface area (Å²) >= 11 is 1.55. The smallest absolute Gasteiger partial charge is 0.239 e. The predicted molar refractivity (Wildman–Crippen MR) is 68.2 cm³/mol. The predicted octanol–water partition coefficient (Wildman–Crippen LogP) is 2.16. The van der Waals surface area contributed by atoms with E-state index in [2.05, 4.69) is 10.1 Å². The molecule has 3 rings (SSSR count). The molecule has 92 valence electrons. The Morgan fingerprint density at radius 1 is 1.50 bits per heavy atom. The van der Waals surface area contributed by atoms with E-state index in [-0.39, 0.29) is 11.3 Å². The van der Waals surface area contributed by atoms with E-state index in [0.717, 1.165) is 5.69 Å². The molecule has 0 aliphatic carbocycles. The van der Waals surface area contributed by atoms with Crippen LogP contribution in [0, 0.1) is 6.92 Å². The molecule has 1 aliphatic rings. The average Bonchev–Trinajstić information content (AvgIpc) is 2.96. The number of anilines is 1. The summed E-state index contributed by atoms with van der Waals surface area (Å²) in [5, 5.41) is 3.79. The molecule has 1 aliphatic heterocycles. The van der Waals surface area contributed by atoms with Crippen molar-refractivity contribution in [3.05, 3.63) is 41.9 Å². The van der Waals surface area contributed by atoms with Crippen LogP contribution in [0.2, 0.25) is 0 Å². The Balaban J connectivity index is 1.98. The molecule has 1 saturated heterocycles. The van der Waals surface area contributed by atoms with E-state index in [4.69, 9.17) is 4.52 Å². The van der Waals surface area contributed by atoms with Gasteiger partial charge in [0.05, 0.1) is 11.4 Å². The Morgan fingerprint density at radius 2 is 2.39 bits per heavy atom.